The molecule has 0 fully saturated rings. The molecule has 0 unspecified atom stereocenters. The van der Waals surface area contributed by atoms with Gasteiger partial charge in [-0.05, 0) is 19.3 Å². The van der Waals surface area contributed by atoms with Gasteiger partial charge in [-0.15, -0.1) is 0 Å². The van der Waals surface area contributed by atoms with Crippen LogP contribution in [0.15, 0.2) is 0 Å². The Bertz CT molecular complexity index is 348. The highest BCUT2D eigenvalue weighted by molar-refractivity contribution is 4.88. The summed E-state index contributed by atoms with van der Waals surface area (Å²) in [6.45, 7) is 8.94. The van der Waals surface area contributed by atoms with E-state index in [0.29, 0.717) is 6.42 Å². The fourth-order valence-electron chi connectivity index (χ4n) is 4.92. The summed E-state index contributed by atoms with van der Waals surface area (Å²) in [7, 11) is 0. The van der Waals surface area contributed by atoms with Gasteiger partial charge in [0, 0.05) is 11.8 Å². The van der Waals surface area contributed by atoms with Gasteiger partial charge in [-0.25, -0.2) is 0 Å². The van der Waals surface area contributed by atoms with Crippen LogP contribution in [0, 0.1) is 5.41 Å². The maximum atomic E-state index is 11.1. The van der Waals surface area contributed by atoms with Crippen molar-refractivity contribution in [3.05, 3.63) is 0 Å². The monoisotopic (exact) mass is 440 g/mol. The van der Waals surface area contributed by atoms with E-state index < -0.39 is 5.79 Å². The zero-order valence-corrected chi connectivity index (χ0v) is 22.2. The van der Waals surface area contributed by atoms with Gasteiger partial charge in [0.05, 0.1) is 0 Å². The number of aliphatic hydroxyl groups is 2. The number of hydrogen-bond acceptors (Lipinski definition) is 2. The summed E-state index contributed by atoms with van der Waals surface area (Å²) in [5, 5.41) is 22.3. The lowest BCUT2D eigenvalue weighted by Gasteiger charge is -2.42. The Balaban J connectivity index is 4.45. The van der Waals surface area contributed by atoms with Crippen molar-refractivity contribution in [2.75, 3.05) is 0 Å². The van der Waals surface area contributed by atoms with E-state index in [0.717, 1.165) is 38.5 Å². The zero-order chi connectivity index (χ0) is 23.3. The summed E-state index contributed by atoms with van der Waals surface area (Å²) in [6, 6.07) is 0. The van der Waals surface area contributed by atoms with Gasteiger partial charge in [0.25, 0.3) is 0 Å². The second-order valence-electron chi connectivity index (χ2n) is 10.6. The van der Waals surface area contributed by atoms with E-state index in [9.17, 15) is 10.2 Å². The third-order valence-electron chi connectivity index (χ3n) is 7.51. The molecule has 0 radical (unpaired) electrons. The highest BCUT2D eigenvalue weighted by atomic mass is 16.5. The van der Waals surface area contributed by atoms with Crippen LogP contribution in [0.3, 0.4) is 0 Å². The van der Waals surface area contributed by atoms with E-state index in [2.05, 4.69) is 27.7 Å². The molecule has 188 valence electrons. The molecule has 2 heteroatoms. The van der Waals surface area contributed by atoms with E-state index in [1.165, 1.54) is 103 Å². The van der Waals surface area contributed by atoms with Crippen LogP contribution >= 0.6 is 0 Å². The SMILES string of the molecule is CCCCCCCCCCC(O)(O)C(C)(CCCCCCCC)CCCCCCCC. The molecule has 0 heterocycles. The predicted molar refractivity (Wildman–Crippen MR) is 138 cm³/mol. The zero-order valence-electron chi connectivity index (χ0n) is 22.2. The molecule has 0 atom stereocenters. The summed E-state index contributed by atoms with van der Waals surface area (Å²) in [5.74, 6) is -1.51. The number of hydrogen-bond donors (Lipinski definition) is 2. The number of unbranched alkanes of at least 4 members (excludes halogenated alkanes) is 17. The van der Waals surface area contributed by atoms with Crippen molar-refractivity contribution in [1.82, 2.24) is 0 Å². The predicted octanol–water partition coefficient (Wildman–Crippen LogP) is 9.71. The topological polar surface area (TPSA) is 40.5 Å². The van der Waals surface area contributed by atoms with Gasteiger partial charge in [0.2, 0.25) is 0 Å². The molecule has 2 N–H and O–H groups in total. The molecule has 0 aliphatic carbocycles. The van der Waals surface area contributed by atoms with Gasteiger partial charge in [0.15, 0.2) is 5.79 Å². The fraction of sp³-hybridized carbons (Fsp3) is 1.00. The third kappa shape index (κ3) is 16.2. The molecule has 0 saturated carbocycles. The van der Waals surface area contributed by atoms with Crippen molar-refractivity contribution in [3.63, 3.8) is 0 Å². The van der Waals surface area contributed by atoms with E-state index >= 15 is 0 Å². The molecule has 2 nitrogen and oxygen atoms in total. The molecule has 0 bridgehead atoms. The van der Waals surface area contributed by atoms with E-state index in [1.54, 1.807) is 0 Å². The molecule has 0 aliphatic heterocycles. The fourth-order valence-corrected chi connectivity index (χ4v) is 4.92. The maximum Gasteiger partial charge on any atom is 0.167 e. The van der Waals surface area contributed by atoms with Gasteiger partial charge >= 0.3 is 0 Å². The Morgan fingerprint density at radius 1 is 0.387 bits per heavy atom. The van der Waals surface area contributed by atoms with Crippen molar-refractivity contribution < 1.29 is 10.2 Å². The van der Waals surface area contributed by atoms with Crippen LogP contribution in [0.2, 0.25) is 0 Å². The molecular weight excluding hydrogens is 380 g/mol. The highest BCUT2D eigenvalue weighted by Crippen LogP contribution is 2.43. The van der Waals surface area contributed by atoms with Crippen LogP contribution in [-0.2, 0) is 0 Å². The Kier molecular flexibility index (Phi) is 20.5. The first kappa shape index (κ1) is 30.9. The Hall–Kier alpha value is -0.0800. The molecule has 0 aromatic heterocycles. The maximum absolute atomic E-state index is 11.1. The lowest BCUT2D eigenvalue weighted by atomic mass is 9.71. The largest absolute Gasteiger partial charge is 0.365 e. The van der Waals surface area contributed by atoms with Gasteiger partial charge in [-0.3, -0.25) is 0 Å². The van der Waals surface area contributed by atoms with E-state index in [-0.39, 0.29) is 5.41 Å². The summed E-state index contributed by atoms with van der Waals surface area (Å²) in [4.78, 5) is 0. The smallest absolute Gasteiger partial charge is 0.167 e. The average molecular weight is 441 g/mol. The molecule has 0 aromatic rings. The number of rotatable bonds is 24. The second-order valence-corrected chi connectivity index (χ2v) is 10.6. The minimum atomic E-state index is -1.51. The minimum absolute atomic E-state index is 0.358. The molecule has 0 aromatic carbocycles. The van der Waals surface area contributed by atoms with Crippen molar-refractivity contribution in [1.29, 1.82) is 0 Å². The Labute approximate surface area is 197 Å². The second kappa shape index (κ2) is 20.5. The molecule has 31 heavy (non-hydrogen) atoms. The van der Waals surface area contributed by atoms with Gasteiger partial charge in [-0.2, -0.15) is 0 Å². The molecule has 0 aliphatic rings. The molecule has 0 spiro atoms. The molecule has 0 rings (SSSR count). The van der Waals surface area contributed by atoms with Crippen LogP contribution in [0.5, 0.6) is 0 Å². The first-order valence-electron chi connectivity index (χ1n) is 14.4. The average Bonchev–Trinajstić information content (AvgIpc) is 2.75. The summed E-state index contributed by atoms with van der Waals surface area (Å²) in [6.07, 6.45) is 27.6. The minimum Gasteiger partial charge on any atom is -0.365 e. The lowest BCUT2D eigenvalue weighted by Crippen LogP contribution is -2.46. The Morgan fingerprint density at radius 2 is 0.645 bits per heavy atom. The van der Waals surface area contributed by atoms with Crippen molar-refractivity contribution in [2.24, 2.45) is 5.41 Å². The van der Waals surface area contributed by atoms with Gasteiger partial charge in [0.1, 0.15) is 0 Å². The highest BCUT2D eigenvalue weighted by Gasteiger charge is 2.43. The van der Waals surface area contributed by atoms with Crippen LogP contribution in [0.25, 0.3) is 0 Å². The van der Waals surface area contributed by atoms with Gasteiger partial charge < -0.3 is 10.2 Å². The van der Waals surface area contributed by atoms with Crippen molar-refractivity contribution in [2.45, 2.75) is 181 Å². The standard InChI is InChI=1S/C29H60O2/c1-5-8-11-14-17-18-21-24-27-29(30,31)28(4,25-22-19-15-12-9-6-2)26-23-20-16-13-10-7-3/h30-31H,5-27H2,1-4H3. The van der Waals surface area contributed by atoms with Crippen LogP contribution in [0.1, 0.15) is 175 Å². The van der Waals surface area contributed by atoms with Gasteiger partial charge in [-0.1, -0.05) is 150 Å². The third-order valence-corrected chi connectivity index (χ3v) is 7.51. The first-order chi connectivity index (χ1) is 14.9. The van der Waals surface area contributed by atoms with Crippen molar-refractivity contribution >= 4 is 0 Å². The normalized spacial score (nSPS) is 12.6. The quantitative estimate of drug-likeness (QED) is 0.116. The summed E-state index contributed by atoms with van der Waals surface area (Å²) < 4.78 is 0. The van der Waals surface area contributed by atoms with Crippen LogP contribution in [0.4, 0.5) is 0 Å². The molecule has 0 amide bonds. The Morgan fingerprint density at radius 3 is 0.968 bits per heavy atom. The van der Waals surface area contributed by atoms with Crippen molar-refractivity contribution in [3.8, 4) is 0 Å². The van der Waals surface area contributed by atoms with E-state index in [4.69, 9.17) is 0 Å². The van der Waals surface area contributed by atoms with E-state index in [1.807, 2.05) is 0 Å². The van der Waals surface area contributed by atoms with Crippen LogP contribution < -0.4 is 0 Å². The molecular formula is C29H60O2. The summed E-state index contributed by atoms with van der Waals surface area (Å²) in [5.41, 5.74) is -0.358. The molecule has 0 saturated heterocycles. The lowest BCUT2D eigenvalue weighted by molar-refractivity contribution is -0.248. The summed E-state index contributed by atoms with van der Waals surface area (Å²) >= 11 is 0. The first-order valence-corrected chi connectivity index (χ1v) is 14.4. The van der Waals surface area contributed by atoms with Crippen LogP contribution in [-0.4, -0.2) is 16.0 Å².